The van der Waals surface area contributed by atoms with Crippen LogP contribution in [-0.4, -0.2) is 23.2 Å². The third-order valence-electron chi connectivity index (χ3n) is 6.00. The Hall–Kier alpha value is -2.55. The van der Waals surface area contributed by atoms with E-state index >= 15 is 0 Å². The minimum absolute atomic E-state index is 0.0323. The molecule has 0 radical (unpaired) electrons. The zero-order valence-corrected chi connectivity index (χ0v) is 15.1. The van der Waals surface area contributed by atoms with Crippen molar-refractivity contribution in [1.29, 1.82) is 0 Å². The van der Waals surface area contributed by atoms with E-state index in [0.29, 0.717) is 12.0 Å². The van der Waals surface area contributed by atoms with Crippen LogP contribution in [0.5, 0.6) is 0 Å². The molecule has 3 atom stereocenters. The Labute approximate surface area is 155 Å². The Morgan fingerprint density at radius 2 is 2.08 bits per heavy atom. The molecular weight excluding hydrogens is 320 g/mol. The standard InChI is InChI=1S/C23H24N2O/c1-16(17-8-3-2-4-9-17)26-24-21-14-15-25-22-13-6-5-10-18(22)19-11-7-12-20(21)23(19)25/h2-4,6-9,11-13,16,19,23H,5,10,14-15H2,1H3/b24-21+. The van der Waals surface area contributed by atoms with E-state index < -0.39 is 0 Å². The molecule has 2 heterocycles. The molecule has 0 saturated carbocycles. The van der Waals surface area contributed by atoms with E-state index in [-0.39, 0.29) is 6.10 Å². The van der Waals surface area contributed by atoms with Crippen LogP contribution >= 0.6 is 0 Å². The van der Waals surface area contributed by atoms with E-state index in [2.05, 4.69) is 59.5 Å². The van der Waals surface area contributed by atoms with Gasteiger partial charge in [0.05, 0.1) is 11.8 Å². The van der Waals surface area contributed by atoms with Crippen LogP contribution in [0.4, 0.5) is 0 Å². The molecule has 26 heavy (non-hydrogen) atoms. The lowest BCUT2D eigenvalue weighted by Gasteiger charge is -2.39. The molecule has 2 aliphatic carbocycles. The number of nitrogens with zero attached hydrogens (tertiary/aromatic N) is 2. The Morgan fingerprint density at radius 3 is 2.96 bits per heavy atom. The quantitative estimate of drug-likeness (QED) is 0.727. The predicted molar refractivity (Wildman–Crippen MR) is 105 cm³/mol. The molecule has 0 N–H and O–H groups in total. The third kappa shape index (κ3) is 2.45. The lowest BCUT2D eigenvalue weighted by Crippen LogP contribution is -2.44. The van der Waals surface area contributed by atoms with Crippen molar-refractivity contribution in [2.75, 3.05) is 6.54 Å². The van der Waals surface area contributed by atoms with Gasteiger partial charge in [-0.2, -0.15) is 0 Å². The van der Waals surface area contributed by atoms with E-state index in [4.69, 9.17) is 4.84 Å². The smallest absolute Gasteiger partial charge is 0.149 e. The molecule has 5 rings (SSSR count). The SMILES string of the molecule is CC(O/N=C1\CCN2C3=C(CCC=C3)C3C=CC=C1C32)c1ccccc1. The van der Waals surface area contributed by atoms with Crippen LogP contribution in [0.25, 0.3) is 0 Å². The van der Waals surface area contributed by atoms with E-state index in [1.165, 1.54) is 24.1 Å². The highest BCUT2D eigenvalue weighted by Crippen LogP contribution is 2.46. The summed E-state index contributed by atoms with van der Waals surface area (Å²) >= 11 is 0. The number of allylic oxidation sites excluding steroid dienone is 4. The summed E-state index contributed by atoms with van der Waals surface area (Å²) < 4.78 is 0. The van der Waals surface area contributed by atoms with Gasteiger partial charge in [-0.1, -0.05) is 59.8 Å². The van der Waals surface area contributed by atoms with Gasteiger partial charge in [0.2, 0.25) is 0 Å². The first-order valence-corrected chi connectivity index (χ1v) is 9.65. The lowest BCUT2D eigenvalue weighted by atomic mass is 9.80. The molecule has 2 aliphatic heterocycles. The summed E-state index contributed by atoms with van der Waals surface area (Å²) in [4.78, 5) is 8.49. The molecule has 3 nitrogen and oxygen atoms in total. The molecule has 1 aromatic rings. The van der Waals surface area contributed by atoms with Gasteiger partial charge in [0.25, 0.3) is 0 Å². The van der Waals surface area contributed by atoms with Gasteiger partial charge in [0, 0.05) is 30.2 Å². The minimum atomic E-state index is -0.0323. The highest BCUT2D eigenvalue weighted by Gasteiger charge is 2.45. The van der Waals surface area contributed by atoms with E-state index in [0.717, 1.165) is 24.2 Å². The van der Waals surface area contributed by atoms with Gasteiger partial charge in [-0.3, -0.25) is 0 Å². The first-order valence-electron chi connectivity index (χ1n) is 9.65. The summed E-state index contributed by atoms with van der Waals surface area (Å²) in [6.07, 6.45) is 14.7. The summed E-state index contributed by atoms with van der Waals surface area (Å²) in [5.74, 6) is 0.506. The summed E-state index contributed by atoms with van der Waals surface area (Å²) in [5.41, 5.74) is 6.69. The van der Waals surface area contributed by atoms with Crippen LogP contribution in [0.2, 0.25) is 0 Å². The van der Waals surface area contributed by atoms with E-state index in [9.17, 15) is 0 Å². The number of benzene rings is 1. The van der Waals surface area contributed by atoms with Gasteiger partial charge in [-0.05, 0) is 37.0 Å². The van der Waals surface area contributed by atoms with Gasteiger partial charge in [0.15, 0.2) is 0 Å². The maximum Gasteiger partial charge on any atom is 0.149 e. The normalized spacial score (nSPS) is 28.7. The summed E-state index contributed by atoms with van der Waals surface area (Å²) in [6.45, 7) is 3.09. The summed E-state index contributed by atoms with van der Waals surface area (Å²) in [5, 5.41) is 4.61. The van der Waals surface area contributed by atoms with Crippen molar-refractivity contribution in [3.8, 4) is 0 Å². The van der Waals surface area contributed by atoms with Crippen molar-refractivity contribution >= 4 is 5.71 Å². The number of hydrogen-bond donors (Lipinski definition) is 0. The summed E-state index contributed by atoms with van der Waals surface area (Å²) in [6, 6.07) is 10.7. The maximum atomic E-state index is 5.90. The molecule has 0 spiro atoms. The average molecular weight is 344 g/mol. The highest BCUT2D eigenvalue weighted by atomic mass is 16.6. The maximum absolute atomic E-state index is 5.90. The second-order valence-corrected chi connectivity index (χ2v) is 7.47. The fourth-order valence-corrected chi connectivity index (χ4v) is 4.70. The number of oxime groups is 1. The van der Waals surface area contributed by atoms with Gasteiger partial charge in [-0.15, -0.1) is 0 Å². The molecule has 1 fully saturated rings. The summed E-state index contributed by atoms with van der Waals surface area (Å²) in [7, 11) is 0. The zero-order valence-electron chi connectivity index (χ0n) is 15.1. The second-order valence-electron chi connectivity index (χ2n) is 7.47. The van der Waals surface area contributed by atoms with Crippen molar-refractivity contribution < 1.29 is 4.84 Å². The topological polar surface area (TPSA) is 24.8 Å². The molecule has 3 unspecified atom stereocenters. The van der Waals surface area contributed by atoms with Crippen molar-refractivity contribution in [2.45, 2.75) is 38.3 Å². The van der Waals surface area contributed by atoms with E-state index in [1.807, 2.05) is 18.2 Å². The molecule has 3 heteroatoms. The van der Waals surface area contributed by atoms with Gasteiger partial charge in [-0.25, -0.2) is 0 Å². The number of hydrogen-bond acceptors (Lipinski definition) is 3. The van der Waals surface area contributed by atoms with Crippen molar-refractivity contribution in [3.05, 3.63) is 83.1 Å². The monoisotopic (exact) mass is 344 g/mol. The zero-order chi connectivity index (χ0) is 17.5. The Balaban J connectivity index is 1.40. The molecule has 1 aromatic carbocycles. The largest absolute Gasteiger partial charge is 0.388 e. The van der Waals surface area contributed by atoms with E-state index in [1.54, 1.807) is 5.57 Å². The van der Waals surface area contributed by atoms with Gasteiger partial charge < -0.3 is 9.74 Å². The Bertz CT molecular complexity index is 859. The number of piperidine rings is 1. The van der Waals surface area contributed by atoms with Gasteiger partial charge >= 0.3 is 0 Å². The second kappa shape index (κ2) is 6.31. The number of rotatable bonds is 3. The molecule has 0 amide bonds. The van der Waals surface area contributed by atoms with Crippen LogP contribution in [0.3, 0.4) is 0 Å². The molecule has 1 saturated heterocycles. The molecule has 4 aliphatic rings. The number of fused-ring (bicyclic) bond motifs is 2. The van der Waals surface area contributed by atoms with Crippen LogP contribution in [0.15, 0.2) is 82.7 Å². The van der Waals surface area contributed by atoms with Crippen LogP contribution in [0, 0.1) is 5.92 Å². The average Bonchev–Trinajstić information content (AvgIpc) is 3.04. The van der Waals surface area contributed by atoms with Gasteiger partial charge in [0.1, 0.15) is 6.10 Å². The Kier molecular flexibility index (Phi) is 3.81. The van der Waals surface area contributed by atoms with Crippen LogP contribution < -0.4 is 0 Å². The fraction of sp³-hybridized carbons (Fsp3) is 0.348. The van der Waals surface area contributed by atoms with Crippen molar-refractivity contribution in [1.82, 2.24) is 4.90 Å². The fourth-order valence-electron chi connectivity index (χ4n) is 4.70. The minimum Gasteiger partial charge on any atom is -0.388 e. The first kappa shape index (κ1) is 15.7. The van der Waals surface area contributed by atoms with Crippen molar-refractivity contribution in [2.24, 2.45) is 11.1 Å². The lowest BCUT2D eigenvalue weighted by molar-refractivity contribution is 0.0710. The third-order valence-corrected chi connectivity index (χ3v) is 6.00. The highest BCUT2D eigenvalue weighted by molar-refractivity contribution is 6.02. The van der Waals surface area contributed by atoms with Crippen LogP contribution in [0.1, 0.15) is 37.9 Å². The molecule has 0 aromatic heterocycles. The first-order chi connectivity index (χ1) is 12.8. The van der Waals surface area contributed by atoms with Crippen molar-refractivity contribution in [3.63, 3.8) is 0 Å². The Morgan fingerprint density at radius 1 is 1.19 bits per heavy atom. The molecule has 132 valence electrons. The molecular formula is C23H24N2O. The predicted octanol–water partition coefficient (Wildman–Crippen LogP) is 4.92. The molecule has 0 bridgehead atoms. The van der Waals surface area contributed by atoms with Crippen LogP contribution in [-0.2, 0) is 4.84 Å².